The number of rotatable bonds is 1. The Kier molecular flexibility index (Phi) is 2.30. The molecule has 0 atom stereocenters. The molecule has 0 bridgehead atoms. The Labute approximate surface area is 117 Å². The van der Waals surface area contributed by atoms with Gasteiger partial charge in [0.25, 0.3) is 0 Å². The van der Waals surface area contributed by atoms with E-state index in [1.165, 1.54) is 16.3 Å². The van der Waals surface area contributed by atoms with Crippen molar-refractivity contribution in [3.8, 4) is 0 Å². The van der Waals surface area contributed by atoms with Crippen LogP contribution in [0.2, 0.25) is 0 Å². The predicted octanol–water partition coefficient (Wildman–Crippen LogP) is 4.35. The van der Waals surface area contributed by atoms with Gasteiger partial charge in [-0.1, -0.05) is 42.5 Å². The molecule has 0 fully saturated rings. The van der Waals surface area contributed by atoms with Crippen LogP contribution in [0.3, 0.4) is 0 Å². The standard InChI is InChI=1S/C18H14N2/c19-15-8-2-6-13(10-15)17-11-14-7-1-4-12-5-3-9-16(20-17)18(12)14/h1-11,20H,19H2. The summed E-state index contributed by atoms with van der Waals surface area (Å²) >= 11 is 0. The summed E-state index contributed by atoms with van der Waals surface area (Å²) in [6.45, 7) is 0. The van der Waals surface area contributed by atoms with Crippen LogP contribution in [0.5, 0.6) is 0 Å². The van der Waals surface area contributed by atoms with E-state index in [0.29, 0.717) is 0 Å². The van der Waals surface area contributed by atoms with Crippen LogP contribution < -0.4 is 11.1 Å². The quantitative estimate of drug-likeness (QED) is 0.637. The molecule has 1 aliphatic rings. The monoisotopic (exact) mass is 258 g/mol. The maximum Gasteiger partial charge on any atom is 0.0470 e. The molecule has 0 unspecified atom stereocenters. The molecule has 3 N–H and O–H groups in total. The summed E-state index contributed by atoms with van der Waals surface area (Å²) < 4.78 is 0. The van der Waals surface area contributed by atoms with Gasteiger partial charge in [-0.05, 0) is 40.8 Å². The molecule has 0 radical (unpaired) electrons. The molecule has 0 saturated heterocycles. The van der Waals surface area contributed by atoms with Gasteiger partial charge in [0.1, 0.15) is 0 Å². The number of hydrogen-bond acceptors (Lipinski definition) is 2. The summed E-state index contributed by atoms with van der Waals surface area (Å²) in [6.07, 6.45) is 2.18. The highest BCUT2D eigenvalue weighted by atomic mass is 14.9. The van der Waals surface area contributed by atoms with Crippen molar-refractivity contribution in [3.63, 3.8) is 0 Å². The smallest absolute Gasteiger partial charge is 0.0470 e. The maximum atomic E-state index is 5.88. The molecular formula is C18H14N2. The van der Waals surface area contributed by atoms with Gasteiger partial charge >= 0.3 is 0 Å². The lowest BCUT2D eigenvalue weighted by Crippen LogP contribution is -2.04. The maximum absolute atomic E-state index is 5.88. The van der Waals surface area contributed by atoms with E-state index in [2.05, 4.69) is 53.9 Å². The number of benzene rings is 3. The molecule has 1 aliphatic heterocycles. The summed E-state index contributed by atoms with van der Waals surface area (Å²) in [4.78, 5) is 0. The minimum Gasteiger partial charge on any atom is -0.399 e. The molecule has 3 aromatic carbocycles. The fraction of sp³-hybridized carbons (Fsp3) is 0. The van der Waals surface area contributed by atoms with Crippen LogP contribution >= 0.6 is 0 Å². The Balaban J connectivity index is 1.94. The van der Waals surface area contributed by atoms with Crippen LogP contribution in [0.15, 0.2) is 60.7 Å². The molecule has 3 aromatic rings. The molecule has 2 nitrogen and oxygen atoms in total. The SMILES string of the molecule is Nc1cccc(C2=Cc3cccc4cccc(c34)N2)c1. The van der Waals surface area contributed by atoms with Crippen LogP contribution in [-0.4, -0.2) is 0 Å². The summed E-state index contributed by atoms with van der Waals surface area (Å²) in [5, 5.41) is 6.05. The minimum absolute atomic E-state index is 0.780. The second-order valence-corrected chi connectivity index (χ2v) is 5.06. The predicted molar refractivity (Wildman–Crippen MR) is 86.3 cm³/mol. The molecule has 1 heterocycles. The van der Waals surface area contributed by atoms with Crippen molar-refractivity contribution in [1.29, 1.82) is 0 Å². The average molecular weight is 258 g/mol. The fourth-order valence-electron chi connectivity index (χ4n) is 2.79. The largest absolute Gasteiger partial charge is 0.399 e. The van der Waals surface area contributed by atoms with E-state index in [1.54, 1.807) is 0 Å². The third kappa shape index (κ3) is 1.66. The van der Waals surface area contributed by atoms with Crippen molar-refractivity contribution in [2.75, 3.05) is 11.1 Å². The topological polar surface area (TPSA) is 38.0 Å². The Morgan fingerprint density at radius 1 is 0.850 bits per heavy atom. The molecule has 4 rings (SSSR count). The Morgan fingerprint density at radius 3 is 2.50 bits per heavy atom. The molecular weight excluding hydrogens is 244 g/mol. The summed E-state index contributed by atoms with van der Waals surface area (Å²) in [5.41, 5.74) is 11.3. The van der Waals surface area contributed by atoms with Gasteiger partial charge in [-0.3, -0.25) is 0 Å². The van der Waals surface area contributed by atoms with Crippen molar-refractivity contribution < 1.29 is 0 Å². The van der Waals surface area contributed by atoms with E-state index in [0.717, 1.165) is 22.6 Å². The van der Waals surface area contributed by atoms with E-state index in [-0.39, 0.29) is 0 Å². The van der Waals surface area contributed by atoms with E-state index in [4.69, 9.17) is 5.73 Å². The van der Waals surface area contributed by atoms with Crippen molar-refractivity contribution in [1.82, 2.24) is 0 Å². The molecule has 20 heavy (non-hydrogen) atoms. The summed E-state index contributed by atoms with van der Waals surface area (Å²) in [5.74, 6) is 0. The Bertz CT molecular complexity index is 842. The number of nitrogens with one attached hydrogen (secondary N) is 1. The van der Waals surface area contributed by atoms with Crippen molar-refractivity contribution in [2.45, 2.75) is 0 Å². The van der Waals surface area contributed by atoms with Crippen LogP contribution in [0, 0.1) is 0 Å². The normalized spacial score (nSPS) is 12.9. The van der Waals surface area contributed by atoms with Crippen LogP contribution in [-0.2, 0) is 0 Å². The zero-order valence-electron chi connectivity index (χ0n) is 10.9. The molecule has 2 heteroatoms. The summed E-state index contributed by atoms with van der Waals surface area (Å²) in [7, 11) is 0. The average Bonchev–Trinajstić information content (AvgIpc) is 2.48. The Hall–Kier alpha value is -2.74. The highest BCUT2D eigenvalue weighted by molar-refractivity contribution is 6.09. The van der Waals surface area contributed by atoms with Crippen LogP contribution in [0.25, 0.3) is 22.5 Å². The molecule has 0 spiro atoms. The van der Waals surface area contributed by atoms with Gasteiger partial charge in [-0.2, -0.15) is 0 Å². The molecule has 0 amide bonds. The van der Waals surface area contributed by atoms with E-state index in [9.17, 15) is 0 Å². The lowest BCUT2D eigenvalue weighted by atomic mass is 9.97. The van der Waals surface area contributed by atoms with Gasteiger partial charge in [0.2, 0.25) is 0 Å². The second kappa shape index (κ2) is 4.14. The highest BCUT2D eigenvalue weighted by Crippen LogP contribution is 2.36. The van der Waals surface area contributed by atoms with E-state index in [1.807, 2.05) is 18.2 Å². The number of anilines is 2. The van der Waals surface area contributed by atoms with Crippen molar-refractivity contribution >= 4 is 33.9 Å². The number of nitrogen functional groups attached to an aromatic ring is 1. The fourth-order valence-corrected chi connectivity index (χ4v) is 2.79. The minimum atomic E-state index is 0.780. The molecule has 0 aliphatic carbocycles. The first kappa shape index (κ1) is 11.1. The first-order chi connectivity index (χ1) is 9.81. The van der Waals surface area contributed by atoms with Gasteiger partial charge in [0.15, 0.2) is 0 Å². The lowest BCUT2D eigenvalue weighted by molar-refractivity contribution is 1.53. The lowest BCUT2D eigenvalue weighted by Gasteiger charge is -2.20. The first-order valence-corrected chi connectivity index (χ1v) is 6.68. The highest BCUT2D eigenvalue weighted by Gasteiger charge is 2.13. The van der Waals surface area contributed by atoms with Gasteiger partial charge in [-0.15, -0.1) is 0 Å². The number of hydrogen-bond donors (Lipinski definition) is 2. The Morgan fingerprint density at radius 2 is 1.65 bits per heavy atom. The van der Waals surface area contributed by atoms with Gasteiger partial charge in [0, 0.05) is 22.5 Å². The first-order valence-electron chi connectivity index (χ1n) is 6.68. The van der Waals surface area contributed by atoms with Gasteiger partial charge in [0.05, 0.1) is 0 Å². The molecule has 0 aromatic heterocycles. The third-order valence-corrected chi connectivity index (χ3v) is 3.70. The van der Waals surface area contributed by atoms with E-state index >= 15 is 0 Å². The number of nitrogens with two attached hydrogens (primary N) is 1. The van der Waals surface area contributed by atoms with Gasteiger partial charge in [-0.25, -0.2) is 0 Å². The zero-order valence-corrected chi connectivity index (χ0v) is 10.9. The summed E-state index contributed by atoms with van der Waals surface area (Å²) in [6, 6.07) is 20.7. The molecule has 96 valence electrons. The zero-order chi connectivity index (χ0) is 13.5. The van der Waals surface area contributed by atoms with Crippen molar-refractivity contribution in [3.05, 3.63) is 71.8 Å². The van der Waals surface area contributed by atoms with Crippen molar-refractivity contribution in [2.24, 2.45) is 0 Å². The van der Waals surface area contributed by atoms with Crippen LogP contribution in [0.1, 0.15) is 11.1 Å². The molecule has 0 saturated carbocycles. The second-order valence-electron chi connectivity index (χ2n) is 5.06. The third-order valence-electron chi connectivity index (χ3n) is 3.70. The van der Waals surface area contributed by atoms with Gasteiger partial charge < -0.3 is 11.1 Å². The van der Waals surface area contributed by atoms with E-state index < -0.39 is 0 Å². The van der Waals surface area contributed by atoms with Crippen LogP contribution in [0.4, 0.5) is 11.4 Å².